The fraction of sp³-hybridized carbons (Fsp3) is 0.250. The van der Waals surface area contributed by atoms with Crippen LogP contribution in [-0.4, -0.2) is 37.1 Å². The van der Waals surface area contributed by atoms with E-state index in [1.807, 2.05) is 0 Å². The Hall–Kier alpha value is -3.56. The Morgan fingerprint density at radius 3 is 2.87 bits per heavy atom. The topological polar surface area (TPSA) is 80.0 Å². The maximum atomic E-state index is 15.3. The maximum absolute atomic E-state index is 15.3. The van der Waals surface area contributed by atoms with Gasteiger partial charge in [-0.3, -0.25) is 9.48 Å². The van der Waals surface area contributed by atoms with Gasteiger partial charge in [-0.1, -0.05) is 12.1 Å². The number of imidazole rings is 1. The molecule has 0 saturated heterocycles. The summed E-state index contributed by atoms with van der Waals surface area (Å²) in [7, 11) is 1.42. The first-order valence-corrected chi connectivity index (χ1v) is 9.28. The highest BCUT2D eigenvalue weighted by Crippen LogP contribution is 2.39. The number of hydrogen-bond acceptors (Lipinski definition) is 4. The third-order valence-electron chi connectivity index (χ3n) is 5.34. The molecule has 3 aromatic heterocycles. The Morgan fingerprint density at radius 2 is 2.13 bits per heavy atom. The lowest BCUT2D eigenvalue weighted by Crippen LogP contribution is -2.41. The third kappa shape index (κ3) is 2.71. The average molecular weight is 415 g/mol. The number of alkyl halides is 2. The van der Waals surface area contributed by atoms with Crippen LogP contribution in [0.2, 0.25) is 0 Å². The lowest BCUT2D eigenvalue weighted by Gasteiger charge is -2.33. The fourth-order valence-electron chi connectivity index (χ4n) is 3.91. The van der Waals surface area contributed by atoms with Gasteiger partial charge in [0, 0.05) is 25.7 Å². The Kier molecular flexibility index (Phi) is 4.16. The van der Waals surface area contributed by atoms with Gasteiger partial charge in [0.05, 0.1) is 17.4 Å². The van der Waals surface area contributed by atoms with Crippen molar-refractivity contribution < 1.29 is 22.4 Å². The number of nitrogens with one attached hydrogen (secondary N) is 1. The first-order chi connectivity index (χ1) is 14.5. The molecule has 0 aliphatic carbocycles. The summed E-state index contributed by atoms with van der Waals surface area (Å²) in [6, 6.07) is 6.76. The molecular weight excluding hydrogens is 399 g/mol. The number of benzene rings is 1. The van der Waals surface area contributed by atoms with Crippen molar-refractivity contribution in [2.75, 3.05) is 6.54 Å². The van der Waals surface area contributed by atoms with Crippen LogP contribution in [-0.2, 0) is 13.5 Å². The van der Waals surface area contributed by atoms with Gasteiger partial charge < -0.3 is 14.3 Å². The maximum Gasteiger partial charge on any atom is 0.282 e. The number of rotatable bonds is 3. The zero-order chi connectivity index (χ0) is 21.0. The van der Waals surface area contributed by atoms with Crippen LogP contribution in [0.3, 0.4) is 0 Å². The smallest absolute Gasteiger partial charge is 0.282 e. The van der Waals surface area contributed by atoms with Gasteiger partial charge in [0.15, 0.2) is 11.6 Å². The Labute approximate surface area is 168 Å². The minimum atomic E-state index is -2.80. The number of aryl methyl sites for hydroxylation is 1. The van der Waals surface area contributed by atoms with Crippen LogP contribution in [0.15, 0.2) is 41.1 Å². The number of aromatic nitrogens is 4. The zero-order valence-corrected chi connectivity index (χ0v) is 15.8. The molecule has 30 heavy (non-hydrogen) atoms. The van der Waals surface area contributed by atoms with Crippen LogP contribution in [0.1, 0.15) is 45.8 Å². The van der Waals surface area contributed by atoms with E-state index in [0.717, 1.165) is 16.4 Å². The number of H-pyrrole nitrogens is 1. The van der Waals surface area contributed by atoms with E-state index in [-0.39, 0.29) is 18.0 Å². The molecule has 0 radical (unpaired) electrons. The molecule has 1 atom stereocenters. The summed E-state index contributed by atoms with van der Waals surface area (Å²) in [5, 5.41) is 4.00. The second-order valence-corrected chi connectivity index (χ2v) is 7.07. The standard InChI is InChI=1S/C20H16F3N5O2/c1-27-13(8-12(26-27)19(22)23)20(29)28-7-6-11-16(25-9-24-11)17(28)18-15(21)10-4-2-3-5-14(10)30-18/h2-5,8-9,17,19H,6-7H2,1H3,(H,24,25)/t17-/m0/s1. The first kappa shape index (κ1) is 18.5. The predicted molar refractivity (Wildman–Crippen MR) is 99.5 cm³/mol. The summed E-state index contributed by atoms with van der Waals surface area (Å²) in [5.74, 6) is -1.19. The van der Waals surface area contributed by atoms with Gasteiger partial charge >= 0.3 is 0 Å². The number of para-hydroxylation sites is 1. The molecule has 0 fully saturated rings. The Bertz CT molecular complexity index is 1260. The monoisotopic (exact) mass is 415 g/mol. The first-order valence-electron chi connectivity index (χ1n) is 9.28. The van der Waals surface area contributed by atoms with Crippen molar-refractivity contribution in [3.63, 3.8) is 0 Å². The highest BCUT2D eigenvalue weighted by Gasteiger charge is 2.40. The summed E-state index contributed by atoms with van der Waals surface area (Å²) in [6.07, 6.45) is -0.870. The van der Waals surface area contributed by atoms with Crippen molar-refractivity contribution in [2.45, 2.75) is 18.9 Å². The normalized spacial score (nSPS) is 16.4. The van der Waals surface area contributed by atoms with Crippen molar-refractivity contribution in [1.29, 1.82) is 0 Å². The summed E-state index contributed by atoms with van der Waals surface area (Å²) in [4.78, 5) is 22.0. The Balaban J connectivity index is 1.64. The lowest BCUT2D eigenvalue weighted by atomic mass is 9.99. The van der Waals surface area contributed by atoms with Gasteiger partial charge in [0.1, 0.15) is 23.0 Å². The molecule has 1 amide bonds. The quantitative estimate of drug-likeness (QED) is 0.553. The number of nitrogens with zero attached hydrogens (tertiary/aromatic N) is 4. The van der Waals surface area contributed by atoms with Crippen molar-refractivity contribution in [2.24, 2.45) is 7.05 Å². The van der Waals surface area contributed by atoms with Gasteiger partial charge in [0.25, 0.3) is 12.3 Å². The average Bonchev–Trinajstić information content (AvgIpc) is 3.44. The predicted octanol–water partition coefficient (Wildman–Crippen LogP) is 3.75. The molecule has 4 aromatic rings. The van der Waals surface area contributed by atoms with Crippen molar-refractivity contribution in [3.8, 4) is 0 Å². The van der Waals surface area contributed by atoms with Crippen molar-refractivity contribution in [3.05, 3.63) is 71.0 Å². The number of aromatic amines is 1. The molecule has 154 valence electrons. The van der Waals surface area contributed by atoms with Crippen LogP contribution in [0.4, 0.5) is 13.2 Å². The zero-order valence-electron chi connectivity index (χ0n) is 15.8. The Morgan fingerprint density at radius 1 is 1.33 bits per heavy atom. The number of furan rings is 1. The number of fused-ring (bicyclic) bond motifs is 2. The van der Waals surface area contributed by atoms with Gasteiger partial charge in [-0.25, -0.2) is 18.2 Å². The molecule has 7 nitrogen and oxygen atoms in total. The van der Waals surface area contributed by atoms with Gasteiger partial charge in [-0.2, -0.15) is 5.10 Å². The number of carbonyl (C=O) groups excluding carboxylic acids is 1. The molecule has 4 heterocycles. The highest BCUT2D eigenvalue weighted by molar-refractivity contribution is 5.93. The molecule has 5 rings (SSSR count). The molecule has 10 heteroatoms. The van der Waals surface area contributed by atoms with Crippen LogP contribution >= 0.6 is 0 Å². The van der Waals surface area contributed by atoms with E-state index in [9.17, 15) is 13.6 Å². The number of hydrogen-bond donors (Lipinski definition) is 1. The molecule has 1 aliphatic heterocycles. The fourth-order valence-corrected chi connectivity index (χ4v) is 3.91. The summed E-state index contributed by atoms with van der Waals surface area (Å²) >= 11 is 0. The van der Waals surface area contributed by atoms with E-state index >= 15 is 4.39 Å². The largest absolute Gasteiger partial charge is 0.455 e. The van der Waals surface area contributed by atoms with E-state index in [1.165, 1.54) is 18.3 Å². The van der Waals surface area contributed by atoms with Crippen molar-refractivity contribution in [1.82, 2.24) is 24.6 Å². The summed E-state index contributed by atoms with van der Waals surface area (Å²) < 4.78 is 48.3. The lowest BCUT2D eigenvalue weighted by molar-refractivity contribution is 0.0657. The van der Waals surface area contributed by atoms with Crippen LogP contribution in [0.5, 0.6) is 0 Å². The van der Waals surface area contributed by atoms with E-state index in [2.05, 4.69) is 15.1 Å². The van der Waals surface area contributed by atoms with Gasteiger partial charge in [-0.15, -0.1) is 0 Å². The molecular formula is C20H16F3N5O2. The van der Waals surface area contributed by atoms with E-state index in [4.69, 9.17) is 4.42 Å². The van der Waals surface area contributed by atoms with Crippen LogP contribution in [0.25, 0.3) is 11.0 Å². The molecule has 1 N–H and O–H groups in total. The SMILES string of the molecule is Cn1nc(C(F)F)cc1C(=O)N1CCc2[nH]cnc2[C@H]1c1oc2ccccc2c1F. The summed E-state index contributed by atoms with van der Waals surface area (Å²) in [5.41, 5.74) is 1.06. The second-order valence-electron chi connectivity index (χ2n) is 7.07. The van der Waals surface area contributed by atoms with Crippen LogP contribution in [0, 0.1) is 5.82 Å². The number of amides is 1. The minimum absolute atomic E-state index is 0.0224. The van der Waals surface area contributed by atoms with E-state index in [1.54, 1.807) is 24.3 Å². The molecule has 1 aliphatic rings. The van der Waals surface area contributed by atoms with Crippen molar-refractivity contribution >= 4 is 16.9 Å². The number of carbonyl (C=O) groups is 1. The van der Waals surface area contributed by atoms with Crippen LogP contribution < -0.4 is 0 Å². The van der Waals surface area contributed by atoms with Gasteiger partial charge in [0.2, 0.25) is 0 Å². The molecule has 0 bridgehead atoms. The summed E-state index contributed by atoms with van der Waals surface area (Å²) in [6.45, 7) is 0.227. The highest BCUT2D eigenvalue weighted by atomic mass is 19.3. The number of halogens is 3. The molecule has 0 unspecified atom stereocenters. The minimum Gasteiger partial charge on any atom is -0.455 e. The van der Waals surface area contributed by atoms with Gasteiger partial charge in [-0.05, 0) is 18.2 Å². The van der Waals surface area contributed by atoms with E-state index < -0.39 is 29.9 Å². The molecule has 0 saturated carbocycles. The molecule has 1 aromatic carbocycles. The molecule has 0 spiro atoms. The third-order valence-corrected chi connectivity index (χ3v) is 5.34. The van der Waals surface area contributed by atoms with E-state index in [0.29, 0.717) is 23.1 Å². The second kappa shape index (κ2) is 6.75.